The van der Waals surface area contributed by atoms with Crippen LogP contribution >= 0.6 is 11.8 Å². The predicted octanol–water partition coefficient (Wildman–Crippen LogP) is 5.52. The van der Waals surface area contributed by atoms with Gasteiger partial charge in [-0.15, -0.1) is 0 Å². The first kappa shape index (κ1) is 15.3. The molecule has 0 bridgehead atoms. The van der Waals surface area contributed by atoms with Crippen molar-refractivity contribution in [2.24, 2.45) is 5.92 Å². The molecule has 0 aliphatic carbocycles. The Hall–Kier alpha value is 0.350. The van der Waals surface area contributed by atoms with Gasteiger partial charge in [-0.1, -0.05) is 59.3 Å². The normalized spacial score (nSPS) is 11.2. The molecule has 0 nitrogen and oxygen atoms in total. The smallest absolute Gasteiger partial charge is 0.00651 e. The van der Waals surface area contributed by atoms with Crippen molar-refractivity contribution in [1.29, 1.82) is 0 Å². The molecule has 0 aromatic heterocycles. The van der Waals surface area contributed by atoms with Gasteiger partial charge in [-0.2, -0.15) is 11.8 Å². The third kappa shape index (κ3) is 14.4. The average Bonchev–Trinajstić information content (AvgIpc) is 2.20. The van der Waals surface area contributed by atoms with Crippen molar-refractivity contribution in [2.45, 2.75) is 72.1 Å². The van der Waals surface area contributed by atoms with Gasteiger partial charge in [-0.05, 0) is 30.3 Å². The van der Waals surface area contributed by atoms with E-state index in [0.717, 1.165) is 5.92 Å². The van der Waals surface area contributed by atoms with Crippen LogP contribution in [0, 0.1) is 5.92 Å². The lowest BCUT2D eigenvalue weighted by molar-refractivity contribution is 0.603. The van der Waals surface area contributed by atoms with E-state index in [0.29, 0.717) is 0 Å². The summed E-state index contributed by atoms with van der Waals surface area (Å²) >= 11 is 2.15. The van der Waals surface area contributed by atoms with Crippen LogP contribution in [0.15, 0.2) is 0 Å². The molecule has 0 atom stereocenters. The molecule has 0 unspecified atom stereocenters. The van der Waals surface area contributed by atoms with Crippen LogP contribution < -0.4 is 0 Å². The van der Waals surface area contributed by atoms with E-state index in [1.54, 1.807) is 0 Å². The quantitative estimate of drug-likeness (QED) is 0.421. The Bertz CT molecular complexity index is 110. The molecule has 0 amide bonds. The number of rotatable bonds is 11. The maximum atomic E-state index is 2.31. The third-order valence-electron chi connectivity index (χ3n) is 2.73. The van der Waals surface area contributed by atoms with Crippen LogP contribution in [0.4, 0.5) is 0 Å². The summed E-state index contributed by atoms with van der Waals surface area (Å²) in [5.41, 5.74) is 0. The Balaban J connectivity index is 2.87. The summed E-state index contributed by atoms with van der Waals surface area (Å²) in [5.74, 6) is 3.64. The zero-order chi connectivity index (χ0) is 11.4. The van der Waals surface area contributed by atoms with Crippen LogP contribution in [-0.4, -0.2) is 11.5 Å². The van der Waals surface area contributed by atoms with Crippen molar-refractivity contribution in [3.8, 4) is 0 Å². The summed E-state index contributed by atoms with van der Waals surface area (Å²) < 4.78 is 0. The first-order valence-corrected chi connectivity index (χ1v) is 8.00. The van der Waals surface area contributed by atoms with E-state index in [9.17, 15) is 0 Å². The van der Waals surface area contributed by atoms with E-state index in [1.807, 2.05) is 0 Å². The second kappa shape index (κ2) is 12.4. The largest absolute Gasteiger partial charge is 0.162 e. The number of thioether (sulfide) groups is 1. The number of hydrogen-bond acceptors (Lipinski definition) is 1. The molecule has 0 fully saturated rings. The van der Waals surface area contributed by atoms with E-state index in [4.69, 9.17) is 0 Å². The fraction of sp³-hybridized carbons (Fsp3) is 1.00. The number of unbranched alkanes of at least 4 members (excludes halogenated alkanes) is 6. The summed E-state index contributed by atoms with van der Waals surface area (Å²) in [4.78, 5) is 0. The molecule has 92 valence electrons. The van der Waals surface area contributed by atoms with Crippen molar-refractivity contribution < 1.29 is 0 Å². The Morgan fingerprint density at radius 1 is 0.800 bits per heavy atom. The zero-order valence-electron chi connectivity index (χ0n) is 11.1. The molecule has 15 heavy (non-hydrogen) atoms. The van der Waals surface area contributed by atoms with E-state index in [2.05, 4.69) is 32.5 Å². The highest BCUT2D eigenvalue weighted by atomic mass is 32.2. The molecule has 0 aliphatic heterocycles. The minimum atomic E-state index is 0.881. The highest BCUT2D eigenvalue weighted by Crippen LogP contribution is 2.13. The minimum absolute atomic E-state index is 0.881. The summed E-state index contributed by atoms with van der Waals surface area (Å²) in [7, 11) is 0. The molecule has 0 aliphatic rings. The van der Waals surface area contributed by atoms with Crippen LogP contribution in [0.1, 0.15) is 72.1 Å². The van der Waals surface area contributed by atoms with Crippen molar-refractivity contribution in [3.05, 3.63) is 0 Å². The Morgan fingerprint density at radius 3 is 2.00 bits per heavy atom. The fourth-order valence-electron chi connectivity index (χ4n) is 1.58. The van der Waals surface area contributed by atoms with Gasteiger partial charge >= 0.3 is 0 Å². The number of hydrogen-bond donors (Lipinski definition) is 0. The van der Waals surface area contributed by atoms with Crippen LogP contribution in [0.2, 0.25) is 0 Å². The maximum absolute atomic E-state index is 2.31. The summed E-state index contributed by atoms with van der Waals surface area (Å²) in [5, 5.41) is 0. The van der Waals surface area contributed by atoms with Crippen molar-refractivity contribution >= 4 is 11.8 Å². The van der Waals surface area contributed by atoms with E-state index in [1.165, 1.54) is 62.9 Å². The van der Waals surface area contributed by atoms with Crippen molar-refractivity contribution in [3.63, 3.8) is 0 Å². The van der Waals surface area contributed by atoms with Gasteiger partial charge in [-0.3, -0.25) is 0 Å². The standard InChI is InChI=1S/C14H30S/c1-4-5-6-7-8-9-10-12-15-13-11-14(2)3/h14H,4-13H2,1-3H3. The van der Waals surface area contributed by atoms with Crippen LogP contribution in [0.5, 0.6) is 0 Å². The second-order valence-electron chi connectivity index (χ2n) is 4.92. The lowest BCUT2D eigenvalue weighted by Crippen LogP contribution is -1.91. The molecule has 0 aromatic rings. The Kier molecular flexibility index (Phi) is 12.7. The van der Waals surface area contributed by atoms with Crippen molar-refractivity contribution in [1.82, 2.24) is 0 Å². The Morgan fingerprint density at radius 2 is 1.40 bits per heavy atom. The maximum Gasteiger partial charge on any atom is -0.00651 e. The monoisotopic (exact) mass is 230 g/mol. The Labute approximate surface area is 102 Å². The molecule has 0 aromatic carbocycles. The van der Waals surface area contributed by atoms with Gasteiger partial charge in [0.05, 0.1) is 0 Å². The van der Waals surface area contributed by atoms with E-state index in [-0.39, 0.29) is 0 Å². The first-order chi connectivity index (χ1) is 7.27. The third-order valence-corrected chi connectivity index (χ3v) is 3.83. The second-order valence-corrected chi connectivity index (χ2v) is 6.14. The molecule has 0 saturated carbocycles. The highest BCUT2D eigenvalue weighted by molar-refractivity contribution is 7.99. The summed E-state index contributed by atoms with van der Waals surface area (Å²) in [6.45, 7) is 6.91. The van der Waals surface area contributed by atoms with Gasteiger partial charge < -0.3 is 0 Å². The molecule has 0 N–H and O–H groups in total. The van der Waals surface area contributed by atoms with E-state index < -0.39 is 0 Å². The van der Waals surface area contributed by atoms with Crippen molar-refractivity contribution in [2.75, 3.05) is 11.5 Å². The van der Waals surface area contributed by atoms with Gasteiger partial charge in [-0.25, -0.2) is 0 Å². The lowest BCUT2D eigenvalue weighted by atomic mass is 10.1. The molecule has 0 radical (unpaired) electrons. The molecule has 1 heteroatoms. The van der Waals surface area contributed by atoms with Crippen LogP contribution in [0.25, 0.3) is 0 Å². The van der Waals surface area contributed by atoms with Gasteiger partial charge in [0.25, 0.3) is 0 Å². The van der Waals surface area contributed by atoms with Crippen LogP contribution in [0.3, 0.4) is 0 Å². The van der Waals surface area contributed by atoms with Gasteiger partial charge in [0.15, 0.2) is 0 Å². The van der Waals surface area contributed by atoms with Gasteiger partial charge in [0, 0.05) is 0 Å². The molecular formula is C14H30S. The molecular weight excluding hydrogens is 200 g/mol. The zero-order valence-corrected chi connectivity index (χ0v) is 11.9. The highest BCUT2D eigenvalue weighted by Gasteiger charge is 1.95. The van der Waals surface area contributed by atoms with Crippen LogP contribution in [-0.2, 0) is 0 Å². The summed E-state index contributed by atoms with van der Waals surface area (Å²) in [6.07, 6.45) is 11.5. The SMILES string of the molecule is CCCCCCCCCSCCC(C)C. The topological polar surface area (TPSA) is 0 Å². The molecule has 0 heterocycles. The molecule has 0 rings (SSSR count). The average molecular weight is 230 g/mol. The molecule has 0 saturated heterocycles. The predicted molar refractivity (Wildman–Crippen MR) is 74.8 cm³/mol. The molecule has 0 spiro atoms. The minimum Gasteiger partial charge on any atom is -0.162 e. The van der Waals surface area contributed by atoms with Gasteiger partial charge in [0.2, 0.25) is 0 Å². The van der Waals surface area contributed by atoms with Gasteiger partial charge in [0.1, 0.15) is 0 Å². The first-order valence-electron chi connectivity index (χ1n) is 6.85. The lowest BCUT2D eigenvalue weighted by Gasteiger charge is -2.04. The fourth-order valence-corrected chi connectivity index (χ4v) is 2.83. The summed E-state index contributed by atoms with van der Waals surface area (Å²) in [6, 6.07) is 0. The van der Waals surface area contributed by atoms with E-state index >= 15 is 0 Å².